The summed E-state index contributed by atoms with van der Waals surface area (Å²) in [7, 11) is 0. The van der Waals surface area contributed by atoms with Crippen molar-refractivity contribution in [3.63, 3.8) is 0 Å². The molecule has 0 aliphatic carbocycles. The molecule has 106 valence electrons. The van der Waals surface area contributed by atoms with Crippen LogP contribution < -0.4 is 5.32 Å². The first-order valence-corrected chi connectivity index (χ1v) is 7.32. The van der Waals surface area contributed by atoms with Crippen LogP contribution in [0.1, 0.15) is 11.1 Å². The Balaban J connectivity index is 1.81. The Bertz CT molecular complexity index is 740. The highest BCUT2D eigenvalue weighted by atomic mass is 79.9. The van der Waals surface area contributed by atoms with E-state index < -0.39 is 0 Å². The van der Waals surface area contributed by atoms with Crippen molar-refractivity contribution in [2.75, 3.05) is 5.32 Å². The van der Waals surface area contributed by atoms with Crippen molar-refractivity contribution in [3.8, 4) is 5.82 Å². The minimum atomic E-state index is 0.724. The Morgan fingerprint density at radius 2 is 2.19 bits per heavy atom. The Morgan fingerprint density at radius 3 is 2.95 bits per heavy atom. The second kappa shape index (κ2) is 6.05. The molecule has 2 aromatic heterocycles. The highest BCUT2D eigenvalue weighted by Gasteiger charge is 2.06. The van der Waals surface area contributed by atoms with Crippen LogP contribution in [-0.4, -0.2) is 19.7 Å². The molecule has 5 nitrogen and oxygen atoms in total. The van der Waals surface area contributed by atoms with Crippen molar-refractivity contribution >= 4 is 21.6 Å². The number of halogens is 1. The molecule has 3 aromatic rings. The maximum absolute atomic E-state index is 4.36. The number of rotatable bonds is 4. The van der Waals surface area contributed by atoms with Gasteiger partial charge in [-0.2, -0.15) is 5.10 Å². The van der Waals surface area contributed by atoms with Crippen LogP contribution in [0, 0.1) is 6.92 Å². The van der Waals surface area contributed by atoms with Crippen LogP contribution in [0.5, 0.6) is 0 Å². The van der Waals surface area contributed by atoms with Crippen molar-refractivity contribution in [3.05, 3.63) is 64.8 Å². The number of hydrogen-bond acceptors (Lipinski definition) is 4. The van der Waals surface area contributed by atoms with Gasteiger partial charge in [-0.3, -0.25) is 0 Å². The molecule has 3 rings (SSSR count). The summed E-state index contributed by atoms with van der Waals surface area (Å²) in [5, 5.41) is 7.52. The lowest BCUT2D eigenvalue weighted by Gasteiger charge is -2.11. The van der Waals surface area contributed by atoms with Crippen LogP contribution in [0.2, 0.25) is 0 Å². The van der Waals surface area contributed by atoms with Crippen LogP contribution >= 0.6 is 15.9 Å². The van der Waals surface area contributed by atoms with Crippen LogP contribution in [0.4, 0.5) is 5.69 Å². The Kier molecular flexibility index (Phi) is 3.96. The molecule has 0 aliphatic heterocycles. The van der Waals surface area contributed by atoms with E-state index in [1.807, 2.05) is 12.1 Å². The van der Waals surface area contributed by atoms with Gasteiger partial charge in [-0.1, -0.05) is 28.1 Å². The molecule has 0 spiro atoms. The van der Waals surface area contributed by atoms with E-state index in [2.05, 4.69) is 61.4 Å². The first-order chi connectivity index (χ1) is 10.2. The van der Waals surface area contributed by atoms with E-state index in [0.29, 0.717) is 0 Å². The first kappa shape index (κ1) is 13.8. The zero-order valence-electron chi connectivity index (χ0n) is 11.5. The van der Waals surface area contributed by atoms with Crippen molar-refractivity contribution < 1.29 is 0 Å². The van der Waals surface area contributed by atoms with Crippen LogP contribution in [0.15, 0.2) is 53.7 Å². The van der Waals surface area contributed by atoms with Gasteiger partial charge in [0.2, 0.25) is 0 Å². The maximum atomic E-state index is 4.36. The minimum Gasteiger partial charge on any atom is -0.378 e. The molecule has 0 amide bonds. The molecule has 1 aromatic carbocycles. The van der Waals surface area contributed by atoms with Crippen LogP contribution in [-0.2, 0) is 6.54 Å². The summed E-state index contributed by atoms with van der Waals surface area (Å²) in [6.07, 6.45) is 4.87. The largest absolute Gasteiger partial charge is 0.378 e. The van der Waals surface area contributed by atoms with Gasteiger partial charge in [-0.05, 0) is 36.2 Å². The number of nitrogens with zero attached hydrogens (tertiary/aromatic N) is 4. The third-order valence-corrected chi connectivity index (χ3v) is 4.02. The second-order valence-electron chi connectivity index (χ2n) is 4.65. The number of aromatic nitrogens is 4. The monoisotopic (exact) mass is 343 g/mol. The van der Waals surface area contributed by atoms with E-state index in [9.17, 15) is 0 Å². The average molecular weight is 344 g/mol. The minimum absolute atomic E-state index is 0.724. The van der Waals surface area contributed by atoms with Gasteiger partial charge in [0.05, 0.1) is 5.69 Å². The maximum Gasteiger partial charge on any atom is 0.178 e. The van der Waals surface area contributed by atoms with E-state index in [4.69, 9.17) is 0 Å². The van der Waals surface area contributed by atoms with Gasteiger partial charge >= 0.3 is 0 Å². The SMILES string of the molecule is Cc1cc(CNc2cccnc2-n2cncn2)ccc1Br. The fraction of sp³-hybridized carbons (Fsp3) is 0.133. The summed E-state index contributed by atoms with van der Waals surface area (Å²) >= 11 is 3.51. The molecule has 2 heterocycles. The Labute approximate surface area is 131 Å². The predicted molar refractivity (Wildman–Crippen MR) is 85.4 cm³/mol. The third-order valence-electron chi connectivity index (χ3n) is 3.13. The zero-order valence-corrected chi connectivity index (χ0v) is 13.1. The smallest absolute Gasteiger partial charge is 0.178 e. The molecular formula is C15H14BrN5. The molecule has 0 bridgehead atoms. The fourth-order valence-corrected chi connectivity index (χ4v) is 2.30. The number of anilines is 1. The van der Waals surface area contributed by atoms with Crippen molar-refractivity contribution in [2.45, 2.75) is 13.5 Å². The number of pyridine rings is 1. The van der Waals surface area contributed by atoms with E-state index in [-0.39, 0.29) is 0 Å². The summed E-state index contributed by atoms with van der Waals surface area (Å²) in [5.74, 6) is 0.740. The van der Waals surface area contributed by atoms with Crippen molar-refractivity contribution in [2.24, 2.45) is 0 Å². The summed E-state index contributed by atoms with van der Waals surface area (Å²) in [5.41, 5.74) is 3.35. The molecule has 0 unspecified atom stereocenters. The number of nitrogens with one attached hydrogen (secondary N) is 1. The van der Waals surface area contributed by atoms with Gasteiger partial charge in [0.25, 0.3) is 0 Å². The standard InChI is InChI=1S/C15H14BrN5/c1-11-7-12(4-5-13(11)16)8-19-14-3-2-6-18-15(14)21-10-17-9-20-21/h2-7,9-10,19H,8H2,1H3. The lowest BCUT2D eigenvalue weighted by atomic mass is 10.1. The van der Waals surface area contributed by atoms with Crippen LogP contribution in [0.25, 0.3) is 5.82 Å². The predicted octanol–water partition coefficient (Wildman–Crippen LogP) is 3.35. The zero-order chi connectivity index (χ0) is 14.7. The number of aryl methyl sites for hydroxylation is 1. The van der Waals surface area contributed by atoms with Crippen molar-refractivity contribution in [1.82, 2.24) is 19.7 Å². The van der Waals surface area contributed by atoms with E-state index >= 15 is 0 Å². The molecule has 21 heavy (non-hydrogen) atoms. The topological polar surface area (TPSA) is 55.6 Å². The molecule has 0 saturated carbocycles. The summed E-state index contributed by atoms with van der Waals surface area (Å²) < 4.78 is 2.77. The number of hydrogen-bond donors (Lipinski definition) is 1. The highest BCUT2D eigenvalue weighted by molar-refractivity contribution is 9.10. The van der Waals surface area contributed by atoms with E-state index in [1.165, 1.54) is 17.5 Å². The van der Waals surface area contributed by atoms with Gasteiger partial charge in [0.15, 0.2) is 5.82 Å². The lowest BCUT2D eigenvalue weighted by Crippen LogP contribution is -2.06. The molecule has 0 aliphatic rings. The summed E-state index contributed by atoms with van der Waals surface area (Å²) in [6, 6.07) is 10.2. The lowest BCUT2D eigenvalue weighted by molar-refractivity contribution is 0.844. The fourth-order valence-electron chi connectivity index (χ4n) is 2.05. The van der Waals surface area contributed by atoms with E-state index in [1.54, 1.807) is 17.2 Å². The molecule has 0 atom stereocenters. The van der Waals surface area contributed by atoms with Gasteiger partial charge < -0.3 is 5.32 Å². The first-order valence-electron chi connectivity index (χ1n) is 6.53. The molecule has 1 N–H and O–H groups in total. The number of benzene rings is 1. The van der Waals surface area contributed by atoms with Crippen molar-refractivity contribution in [1.29, 1.82) is 0 Å². The molecule has 0 saturated heterocycles. The Morgan fingerprint density at radius 1 is 1.29 bits per heavy atom. The molecule has 6 heteroatoms. The van der Waals surface area contributed by atoms with E-state index in [0.717, 1.165) is 22.5 Å². The molecule has 0 fully saturated rings. The van der Waals surface area contributed by atoms with Gasteiger partial charge in [-0.25, -0.2) is 14.6 Å². The van der Waals surface area contributed by atoms with Gasteiger partial charge in [0, 0.05) is 17.2 Å². The average Bonchev–Trinajstić information content (AvgIpc) is 3.03. The third kappa shape index (κ3) is 3.11. The highest BCUT2D eigenvalue weighted by Crippen LogP contribution is 2.20. The Hall–Kier alpha value is -2.21. The molecular weight excluding hydrogens is 330 g/mol. The summed E-state index contributed by atoms with van der Waals surface area (Å²) in [4.78, 5) is 8.31. The summed E-state index contributed by atoms with van der Waals surface area (Å²) in [6.45, 7) is 2.81. The van der Waals surface area contributed by atoms with Gasteiger partial charge in [0.1, 0.15) is 12.7 Å². The quantitative estimate of drug-likeness (QED) is 0.789. The normalized spacial score (nSPS) is 10.6. The van der Waals surface area contributed by atoms with Crippen LogP contribution in [0.3, 0.4) is 0 Å². The molecule has 0 radical (unpaired) electrons. The second-order valence-corrected chi connectivity index (χ2v) is 5.51. The van der Waals surface area contributed by atoms with Gasteiger partial charge in [-0.15, -0.1) is 0 Å².